The van der Waals surface area contributed by atoms with Crippen molar-refractivity contribution < 1.29 is 0 Å². The molecule has 1 aliphatic carbocycles. The van der Waals surface area contributed by atoms with Crippen LogP contribution in [-0.2, 0) is 6.54 Å². The van der Waals surface area contributed by atoms with Gasteiger partial charge in [-0.1, -0.05) is 25.3 Å². The minimum Gasteiger partial charge on any atom is -0.310 e. The van der Waals surface area contributed by atoms with Gasteiger partial charge in [-0.3, -0.25) is 4.98 Å². The quantitative estimate of drug-likeness (QED) is 0.860. The Morgan fingerprint density at radius 3 is 2.76 bits per heavy atom. The van der Waals surface area contributed by atoms with Crippen LogP contribution in [0.15, 0.2) is 18.5 Å². The van der Waals surface area contributed by atoms with Gasteiger partial charge in [-0.2, -0.15) is 0 Å². The van der Waals surface area contributed by atoms with Crippen LogP contribution < -0.4 is 5.32 Å². The molecule has 0 saturated heterocycles. The van der Waals surface area contributed by atoms with Crippen LogP contribution in [0, 0.1) is 12.8 Å². The van der Waals surface area contributed by atoms with E-state index in [1.165, 1.54) is 43.2 Å². The van der Waals surface area contributed by atoms with Gasteiger partial charge in [0.1, 0.15) is 0 Å². The highest BCUT2D eigenvalue weighted by atomic mass is 14.9. The molecule has 2 rings (SSSR count). The zero-order valence-corrected chi connectivity index (χ0v) is 11.1. The molecule has 94 valence electrons. The maximum Gasteiger partial charge on any atom is 0.0313 e. The van der Waals surface area contributed by atoms with Gasteiger partial charge in [0.2, 0.25) is 0 Å². The third-order valence-corrected chi connectivity index (χ3v) is 3.92. The highest BCUT2D eigenvalue weighted by Gasteiger charge is 2.19. The number of aromatic nitrogens is 1. The number of nitrogens with one attached hydrogen (secondary N) is 1. The Hall–Kier alpha value is -0.890. The molecule has 0 aromatic carbocycles. The molecule has 1 fully saturated rings. The second kappa shape index (κ2) is 6.15. The van der Waals surface area contributed by atoms with E-state index >= 15 is 0 Å². The standard InChI is InChI=1S/C15H24N2/c1-12-8-14(10-16-9-12)11-17-13(2)15-6-4-3-5-7-15/h8-10,13,15,17H,3-7,11H2,1-2H3/t13-/m0/s1. The zero-order chi connectivity index (χ0) is 12.1. The van der Waals surface area contributed by atoms with E-state index in [0.29, 0.717) is 6.04 Å². The molecule has 0 amide bonds. The third-order valence-electron chi connectivity index (χ3n) is 3.92. The van der Waals surface area contributed by atoms with Crippen molar-refractivity contribution in [2.45, 2.75) is 58.5 Å². The van der Waals surface area contributed by atoms with Crippen molar-refractivity contribution in [3.05, 3.63) is 29.6 Å². The van der Waals surface area contributed by atoms with Gasteiger partial charge in [0.15, 0.2) is 0 Å². The number of aryl methyl sites for hydroxylation is 1. The number of nitrogens with zero attached hydrogens (tertiary/aromatic N) is 1. The van der Waals surface area contributed by atoms with Crippen LogP contribution in [0.25, 0.3) is 0 Å². The van der Waals surface area contributed by atoms with E-state index in [0.717, 1.165) is 12.5 Å². The molecule has 0 unspecified atom stereocenters. The molecule has 1 N–H and O–H groups in total. The predicted molar refractivity (Wildman–Crippen MR) is 71.9 cm³/mol. The van der Waals surface area contributed by atoms with Gasteiger partial charge < -0.3 is 5.32 Å². The van der Waals surface area contributed by atoms with E-state index in [4.69, 9.17) is 0 Å². The normalized spacial score (nSPS) is 19.2. The van der Waals surface area contributed by atoms with Gasteiger partial charge >= 0.3 is 0 Å². The van der Waals surface area contributed by atoms with Crippen molar-refractivity contribution in [2.75, 3.05) is 0 Å². The maximum absolute atomic E-state index is 4.23. The fraction of sp³-hybridized carbons (Fsp3) is 0.667. The molecule has 1 heterocycles. The fourth-order valence-corrected chi connectivity index (χ4v) is 2.79. The Morgan fingerprint density at radius 1 is 1.29 bits per heavy atom. The highest BCUT2D eigenvalue weighted by molar-refractivity contribution is 5.16. The number of rotatable bonds is 4. The van der Waals surface area contributed by atoms with Gasteiger partial charge in [0.05, 0.1) is 0 Å². The van der Waals surface area contributed by atoms with E-state index < -0.39 is 0 Å². The first-order chi connectivity index (χ1) is 8.25. The van der Waals surface area contributed by atoms with Crippen molar-refractivity contribution >= 4 is 0 Å². The molecular formula is C15H24N2. The van der Waals surface area contributed by atoms with Gasteiger partial charge in [-0.25, -0.2) is 0 Å². The van der Waals surface area contributed by atoms with E-state index in [1.54, 1.807) is 0 Å². The lowest BCUT2D eigenvalue weighted by molar-refractivity contribution is 0.280. The molecule has 0 aliphatic heterocycles. The van der Waals surface area contributed by atoms with Gasteiger partial charge in [0, 0.05) is 25.0 Å². The molecule has 1 aromatic heterocycles. The average Bonchev–Trinajstić information content (AvgIpc) is 2.37. The van der Waals surface area contributed by atoms with Gasteiger partial charge in [-0.05, 0) is 43.7 Å². The van der Waals surface area contributed by atoms with Crippen LogP contribution >= 0.6 is 0 Å². The molecule has 1 atom stereocenters. The van der Waals surface area contributed by atoms with Crippen molar-refractivity contribution in [2.24, 2.45) is 5.92 Å². The zero-order valence-electron chi connectivity index (χ0n) is 11.1. The van der Waals surface area contributed by atoms with Crippen molar-refractivity contribution in [3.63, 3.8) is 0 Å². The van der Waals surface area contributed by atoms with Crippen LogP contribution in [0.3, 0.4) is 0 Å². The predicted octanol–water partition coefficient (Wildman–Crippen LogP) is 3.45. The van der Waals surface area contributed by atoms with E-state index in [1.807, 2.05) is 12.4 Å². The maximum atomic E-state index is 4.23. The average molecular weight is 232 g/mol. The summed E-state index contributed by atoms with van der Waals surface area (Å²) in [6, 6.07) is 2.85. The summed E-state index contributed by atoms with van der Waals surface area (Å²) in [6.45, 7) is 5.38. The van der Waals surface area contributed by atoms with Crippen LogP contribution in [0.5, 0.6) is 0 Å². The Bertz CT molecular complexity index is 343. The van der Waals surface area contributed by atoms with E-state index in [-0.39, 0.29) is 0 Å². The Morgan fingerprint density at radius 2 is 2.06 bits per heavy atom. The van der Waals surface area contributed by atoms with Crippen molar-refractivity contribution in [3.8, 4) is 0 Å². The summed E-state index contributed by atoms with van der Waals surface area (Å²) in [7, 11) is 0. The Balaban J connectivity index is 1.80. The molecule has 0 spiro atoms. The lowest BCUT2D eigenvalue weighted by atomic mass is 9.84. The number of hydrogen-bond acceptors (Lipinski definition) is 2. The smallest absolute Gasteiger partial charge is 0.0313 e. The molecule has 2 heteroatoms. The van der Waals surface area contributed by atoms with Crippen LogP contribution in [0.4, 0.5) is 0 Å². The second-order valence-corrected chi connectivity index (χ2v) is 5.44. The van der Waals surface area contributed by atoms with E-state index in [9.17, 15) is 0 Å². The summed E-state index contributed by atoms with van der Waals surface area (Å²) < 4.78 is 0. The Kier molecular flexibility index (Phi) is 4.55. The molecular weight excluding hydrogens is 208 g/mol. The first kappa shape index (κ1) is 12.6. The second-order valence-electron chi connectivity index (χ2n) is 5.44. The van der Waals surface area contributed by atoms with Gasteiger partial charge in [0.25, 0.3) is 0 Å². The van der Waals surface area contributed by atoms with Crippen LogP contribution in [-0.4, -0.2) is 11.0 Å². The molecule has 1 aromatic rings. The van der Waals surface area contributed by atoms with Crippen LogP contribution in [0.1, 0.15) is 50.2 Å². The third kappa shape index (κ3) is 3.81. The lowest BCUT2D eigenvalue weighted by Gasteiger charge is -2.28. The molecule has 0 radical (unpaired) electrons. The number of hydrogen-bond donors (Lipinski definition) is 1. The summed E-state index contributed by atoms with van der Waals surface area (Å²) in [5.41, 5.74) is 2.54. The number of pyridine rings is 1. The molecule has 2 nitrogen and oxygen atoms in total. The summed E-state index contributed by atoms with van der Waals surface area (Å²) in [4.78, 5) is 4.23. The molecule has 17 heavy (non-hydrogen) atoms. The minimum atomic E-state index is 0.635. The SMILES string of the molecule is Cc1cncc(CN[C@@H](C)C2CCCCC2)c1. The first-order valence-electron chi connectivity index (χ1n) is 6.89. The van der Waals surface area contributed by atoms with E-state index in [2.05, 4.69) is 30.2 Å². The van der Waals surface area contributed by atoms with Crippen molar-refractivity contribution in [1.82, 2.24) is 10.3 Å². The minimum absolute atomic E-state index is 0.635. The summed E-state index contributed by atoms with van der Waals surface area (Å²) >= 11 is 0. The summed E-state index contributed by atoms with van der Waals surface area (Å²) in [5, 5.41) is 3.66. The fourth-order valence-electron chi connectivity index (χ4n) is 2.79. The molecule has 0 bridgehead atoms. The first-order valence-corrected chi connectivity index (χ1v) is 6.89. The highest BCUT2D eigenvalue weighted by Crippen LogP contribution is 2.26. The monoisotopic (exact) mass is 232 g/mol. The topological polar surface area (TPSA) is 24.9 Å². The Labute approximate surface area is 105 Å². The van der Waals surface area contributed by atoms with Crippen LogP contribution in [0.2, 0.25) is 0 Å². The summed E-state index contributed by atoms with van der Waals surface area (Å²) in [6.07, 6.45) is 11.0. The molecule has 1 aliphatic rings. The largest absolute Gasteiger partial charge is 0.310 e. The van der Waals surface area contributed by atoms with Gasteiger partial charge in [-0.15, -0.1) is 0 Å². The molecule has 1 saturated carbocycles. The van der Waals surface area contributed by atoms with Crippen molar-refractivity contribution in [1.29, 1.82) is 0 Å². The lowest BCUT2D eigenvalue weighted by Crippen LogP contribution is -2.34. The summed E-state index contributed by atoms with van der Waals surface area (Å²) in [5.74, 6) is 0.876.